The van der Waals surface area contributed by atoms with Gasteiger partial charge in [0, 0.05) is 6.54 Å². The summed E-state index contributed by atoms with van der Waals surface area (Å²) in [6, 6.07) is 7.14. The number of hydrogen-bond acceptors (Lipinski definition) is 4. The van der Waals surface area contributed by atoms with Gasteiger partial charge in [-0.05, 0) is 19.1 Å². The number of para-hydroxylation sites is 1. The fourth-order valence-corrected chi connectivity index (χ4v) is 2.96. The molecule has 5 nitrogen and oxygen atoms in total. The largest absolute Gasteiger partial charge is 0.344 e. The molecule has 2 rings (SSSR count). The minimum atomic E-state index is -0.424. The van der Waals surface area contributed by atoms with E-state index in [0.717, 1.165) is 0 Å². The molecule has 0 saturated carbocycles. The monoisotopic (exact) mass is 327 g/mol. The lowest BCUT2D eigenvalue weighted by molar-refractivity contribution is -0.120. The van der Waals surface area contributed by atoms with E-state index >= 15 is 0 Å². The topological polar surface area (TPSA) is 64.0 Å². The highest BCUT2D eigenvalue weighted by Crippen LogP contribution is 2.22. The van der Waals surface area contributed by atoms with Gasteiger partial charge in [-0.25, -0.2) is 4.98 Å². The summed E-state index contributed by atoms with van der Waals surface area (Å²) >= 11 is 1.22. The van der Waals surface area contributed by atoms with Crippen LogP contribution in [0.1, 0.15) is 6.92 Å². The zero-order chi connectivity index (χ0) is 16.8. The number of rotatable bonds is 6. The van der Waals surface area contributed by atoms with Crippen LogP contribution in [0.25, 0.3) is 10.9 Å². The third kappa shape index (κ3) is 3.82. The molecule has 0 radical (unpaired) electrons. The number of nitrogens with one attached hydrogen (secondary N) is 1. The van der Waals surface area contributed by atoms with Crippen LogP contribution in [0.3, 0.4) is 0 Å². The quantitative estimate of drug-likeness (QED) is 0.380. The summed E-state index contributed by atoms with van der Waals surface area (Å²) in [6.45, 7) is 5.93. The first-order valence-electron chi connectivity index (χ1n) is 7.06. The highest BCUT2D eigenvalue weighted by Gasteiger charge is 2.18. The maximum atomic E-state index is 12.6. The van der Waals surface area contributed by atoms with E-state index in [4.69, 9.17) is 6.42 Å². The predicted octanol–water partition coefficient (Wildman–Crippen LogP) is 1.81. The molecule has 0 bridgehead atoms. The Labute approximate surface area is 138 Å². The average molecular weight is 327 g/mol. The molecule has 0 aliphatic carbocycles. The Balaban J connectivity index is 2.41. The highest BCUT2D eigenvalue weighted by molar-refractivity contribution is 8.00. The van der Waals surface area contributed by atoms with Crippen LogP contribution in [0, 0.1) is 12.3 Å². The third-order valence-corrected chi connectivity index (χ3v) is 4.24. The standard InChI is InChI=1S/C17H17N3O2S/c1-4-10-18-15(21)12(3)23-17-19-14-9-7-6-8-13(14)16(22)20(17)11-5-2/h1,5-9,12H,2,10-11H2,3H3,(H,18,21). The molecule has 1 heterocycles. The average Bonchev–Trinajstić information content (AvgIpc) is 2.56. The molecule has 1 amide bonds. The Morgan fingerprint density at radius 3 is 3.00 bits per heavy atom. The molecule has 1 aromatic heterocycles. The van der Waals surface area contributed by atoms with Gasteiger partial charge in [0.2, 0.25) is 5.91 Å². The summed E-state index contributed by atoms with van der Waals surface area (Å²) < 4.78 is 1.52. The number of allylic oxidation sites excluding steroid dienone is 1. The summed E-state index contributed by atoms with van der Waals surface area (Å²) in [4.78, 5) is 29.1. The molecule has 1 atom stereocenters. The van der Waals surface area contributed by atoms with Crippen molar-refractivity contribution >= 4 is 28.6 Å². The molecular formula is C17H17N3O2S. The minimum Gasteiger partial charge on any atom is -0.344 e. The van der Waals surface area contributed by atoms with Gasteiger partial charge in [0.1, 0.15) is 0 Å². The van der Waals surface area contributed by atoms with Crippen molar-refractivity contribution in [3.05, 3.63) is 47.3 Å². The first kappa shape index (κ1) is 16.8. The number of benzene rings is 1. The van der Waals surface area contributed by atoms with Crippen LogP contribution in [-0.4, -0.2) is 27.3 Å². The first-order chi connectivity index (χ1) is 11.1. The van der Waals surface area contributed by atoms with Crippen LogP contribution in [0.4, 0.5) is 0 Å². The predicted molar refractivity (Wildman–Crippen MR) is 93.4 cm³/mol. The second-order valence-corrected chi connectivity index (χ2v) is 6.11. The maximum Gasteiger partial charge on any atom is 0.262 e. The lowest BCUT2D eigenvalue weighted by atomic mass is 10.2. The van der Waals surface area contributed by atoms with Crippen molar-refractivity contribution in [3.63, 3.8) is 0 Å². The van der Waals surface area contributed by atoms with E-state index in [1.807, 2.05) is 6.07 Å². The molecule has 118 valence electrons. The lowest BCUT2D eigenvalue weighted by Crippen LogP contribution is -2.32. The van der Waals surface area contributed by atoms with Gasteiger partial charge >= 0.3 is 0 Å². The Hall–Kier alpha value is -2.52. The molecule has 0 saturated heterocycles. The van der Waals surface area contributed by atoms with Crippen molar-refractivity contribution in [2.45, 2.75) is 23.9 Å². The minimum absolute atomic E-state index is 0.144. The van der Waals surface area contributed by atoms with E-state index < -0.39 is 5.25 Å². The van der Waals surface area contributed by atoms with E-state index in [-0.39, 0.29) is 18.0 Å². The summed E-state index contributed by atoms with van der Waals surface area (Å²) in [6.07, 6.45) is 6.76. The van der Waals surface area contributed by atoms with Crippen LogP contribution >= 0.6 is 11.8 Å². The van der Waals surface area contributed by atoms with Crippen LogP contribution in [0.5, 0.6) is 0 Å². The van der Waals surface area contributed by atoms with Crippen LogP contribution in [-0.2, 0) is 11.3 Å². The zero-order valence-electron chi connectivity index (χ0n) is 12.8. The number of fused-ring (bicyclic) bond motifs is 1. The molecule has 1 unspecified atom stereocenters. The van der Waals surface area contributed by atoms with Crippen molar-refractivity contribution in [1.29, 1.82) is 0 Å². The van der Waals surface area contributed by atoms with Gasteiger partial charge < -0.3 is 5.32 Å². The number of carbonyl (C=O) groups is 1. The summed E-state index contributed by atoms with van der Waals surface area (Å²) in [5.41, 5.74) is 0.464. The Morgan fingerprint density at radius 2 is 2.30 bits per heavy atom. The summed E-state index contributed by atoms with van der Waals surface area (Å²) in [5.74, 6) is 2.16. The zero-order valence-corrected chi connectivity index (χ0v) is 13.6. The molecule has 2 aromatic rings. The number of amides is 1. The molecule has 1 N–H and O–H groups in total. The van der Waals surface area contributed by atoms with Gasteiger partial charge in [-0.3, -0.25) is 14.2 Å². The Kier molecular flexibility index (Phi) is 5.61. The maximum absolute atomic E-state index is 12.6. The summed E-state index contributed by atoms with van der Waals surface area (Å²) in [7, 11) is 0. The molecule has 23 heavy (non-hydrogen) atoms. The SMILES string of the molecule is C#CCNC(=O)C(C)Sc1nc2ccccc2c(=O)n1CC=C. The molecule has 1 aromatic carbocycles. The van der Waals surface area contributed by atoms with Gasteiger partial charge in [-0.2, -0.15) is 0 Å². The van der Waals surface area contributed by atoms with Crippen molar-refractivity contribution < 1.29 is 4.79 Å². The molecular weight excluding hydrogens is 310 g/mol. The fourth-order valence-electron chi connectivity index (χ4n) is 2.02. The number of carbonyl (C=O) groups excluding carboxylic acids is 1. The van der Waals surface area contributed by atoms with Crippen molar-refractivity contribution in [2.24, 2.45) is 0 Å². The third-order valence-electron chi connectivity index (χ3n) is 3.15. The van der Waals surface area contributed by atoms with E-state index in [1.54, 1.807) is 31.2 Å². The number of thioether (sulfide) groups is 1. The Bertz CT molecular complexity index is 836. The smallest absolute Gasteiger partial charge is 0.262 e. The van der Waals surface area contributed by atoms with Gasteiger partial charge in [0.25, 0.3) is 5.56 Å². The number of nitrogens with zero attached hydrogens (tertiary/aromatic N) is 2. The van der Waals surface area contributed by atoms with E-state index in [9.17, 15) is 9.59 Å². The molecule has 0 fully saturated rings. The highest BCUT2D eigenvalue weighted by atomic mass is 32.2. The number of terminal acetylenes is 1. The molecule has 0 aliphatic heterocycles. The van der Waals surface area contributed by atoms with Crippen LogP contribution in [0.2, 0.25) is 0 Å². The molecule has 0 spiro atoms. The van der Waals surface area contributed by atoms with Crippen LogP contribution < -0.4 is 10.9 Å². The van der Waals surface area contributed by atoms with E-state index in [1.165, 1.54) is 16.3 Å². The lowest BCUT2D eigenvalue weighted by Gasteiger charge is -2.14. The normalized spacial score (nSPS) is 11.7. The van der Waals surface area contributed by atoms with Crippen molar-refractivity contribution in [1.82, 2.24) is 14.9 Å². The Morgan fingerprint density at radius 1 is 1.57 bits per heavy atom. The fraction of sp³-hybridized carbons (Fsp3) is 0.235. The second-order valence-electron chi connectivity index (χ2n) is 4.80. The number of hydrogen-bond donors (Lipinski definition) is 1. The molecule has 0 aliphatic rings. The second kappa shape index (κ2) is 7.65. The van der Waals surface area contributed by atoms with Gasteiger partial charge in [0.15, 0.2) is 5.16 Å². The van der Waals surface area contributed by atoms with Crippen molar-refractivity contribution in [2.75, 3.05) is 6.54 Å². The van der Waals surface area contributed by atoms with Gasteiger partial charge in [-0.1, -0.05) is 35.9 Å². The molecule has 6 heteroatoms. The van der Waals surface area contributed by atoms with Gasteiger partial charge in [-0.15, -0.1) is 13.0 Å². The van der Waals surface area contributed by atoms with E-state index in [0.29, 0.717) is 22.6 Å². The first-order valence-corrected chi connectivity index (χ1v) is 7.94. The number of aromatic nitrogens is 2. The van der Waals surface area contributed by atoms with Crippen molar-refractivity contribution in [3.8, 4) is 12.3 Å². The van der Waals surface area contributed by atoms with Gasteiger partial charge in [0.05, 0.1) is 22.7 Å². The van der Waals surface area contributed by atoms with E-state index in [2.05, 4.69) is 22.8 Å². The van der Waals surface area contributed by atoms with Crippen LogP contribution in [0.15, 0.2) is 46.9 Å². The summed E-state index contributed by atoms with van der Waals surface area (Å²) in [5, 5.41) is 3.23.